The maximum absolute atomic E-state index is 9.95. The van der Waals surface area contributed by atoms with E-state index in [1.165, 1.54) is 6.07 Å². The molecule has 53 heavy (non-hydrogen) atoms. The van der Waals surface area contributed by atoms with Gasteiger partial charge < -0.3 is 4.42 Å². The molecule has 11 rings (SSSR count). The quantitative estimate of drug-likeness (QED) is 0.168. The smallest absolute Gasteiger partial charge is 0.135 e. The molecular formula is C52H32O. The average molecular weight is 690 g/mol. The van der Waals surface area contributed by atoms with E-state index in [1.54, 1.807) is 48.5 Å². The van der Waals surface area contributed by atoms with Crippen LogP contribution in [0.2, 0.25) is 0 Å². The highest BCUT2D eigenvalue weighted by molar-refractivity contribution is 6.25. The topological polar surface area (TPSA) is 13.1 Å². The molecule has 0 saturated heterocycles. The molecular weight excluding hydrogens is 641 g/mol. The lowest BCUT2D eigenvalue weighted by Crippen LogP contribution is -1.94. The molecule has 0 fully saturated rings. The molecule has 0 bridgehead atoms. The third-order valence-corrected chi connectivity index (χ3v) is 9.85. The molecule has 1 aromatic heterocycles. The summed E-state index contributed by atoms with van der Waals surface area (Å²) in [4.78, 5) is 0. The van der Waals surface area contributed by atoms with E-state index in [4.69, 9.17) is 15.4 Å². The van der Waals surface area contributed by atoms with Crippen molar-refractivity contribution < 1.29 is 27.7 Å². The lowest BCUT2D eigenvalue weighted by atomic mass is 9.82. The van der Waals surface area contributed by atoms with Gasteiger partial charge in [0.25, 0.3) is 0 Å². The first kappa shape index (κ1) is 17.5. The van der Waals surface area contributed by atoms with Crippen molar-refractivity contribution in [3.8, 4) is 44.5 Å². The van der Waals surface area contributed by atoms with E-state index in [0.717, 1.165) is 16.2 Å². The number of para-hydroxylation sites is 1. The standard InChI is InChI=1S/C52H32O/c1-2-14-34-31-35(26-25-33(34)13-1)37-15-3-6-19-42(37)51-43-20-7-9-22-45(43)52(46-23-10-8-21-44(46)51)47-29-28-38(39-16-4-5-17-40(39)47)36-27-30-50-48(32-36)41-18-11-12-24-49(41)53-50/h1-32H/i3D,4D,5D,6D,7D,8D,9D,10D,16D,17D,19D,20D,21D,22D,23D,28D,29D. The molecule has 0 N–H and O–H groups in total. The second kappa shape index (κ2) is 11.8. The Balaban J connectivity index is 1.40. The highest BCUT2D eigenvalue weighted by Gasteiger charge is 2.21. The SMILES string of the molecule is [2H]c1cc(-c2ccc3ccccc3c2)c(-c2c3c([2H])c([2H])c([2H])c([2H])c3c(-c3c([2H])c([2H])c(-c4ccc5oc6ccccc6c5c4)c4c([2H])c([2H])c([2H])c([2H])c34)c3c([2H])c([2H])c([2H])c([2H])c23)c([2H])c1[2H]. The molecule has 1 nitrogen and oxygen atoms in total. The van der Waals surface area contributed by atoms with E-state index < -0.39 is 129 Å². The van der Waals surface area contributed by atoms with Gasteiger partial charge in [0, 0.05) is 10.8 Å². The predicted octanol–water partition coefficient (Wildman–Crippen LogP) is 14.9. The Morgan fingerprint density at radius 3 is 1.62 bits per heavy atom. The van der Waals surface area contributed by atoms with E-state index in [-0.39, 0.29) is 44.6 Å². The minimum absolute atomic E-state index is 0.0747. The number of fused-ring (bicyclic) bond motifs is 7. The molecule has 0 unspecified atom stereocenters. The number of hydrogen-bond donors (Lipinski definition) is 0. The summed E-state index contributed by atoms with van der Waals surface area (Å²) in [6.07, 6.45) is 0. The number of furan rings is 1. The van der Waals surface area contributed by atoms with Crippen molar-refractivity contribution in [1.29, 1.82) is 0 Å². The molecule has 10 aromatic carbocycles. The average Bonchev–Trinajstić information content (AvgIpc) is 3.74. The van der Waals surface area contributed by atoms with Gasteiger partial charge in [0.2, 0.25) is 0 Å². The van der Waals surface area contributed by atoms with Crippen LogP contribution in [0.3, 0.4) is 0 Å². The first-order valence-corrected chi connectivity index (χ1v) is 16.9. The number of hydrogen-bond acceptors (Lipinski definition) is 1. The molecule has 0 atom stereocenters. The first-order valence-electron chi connectivity index (χ1n) is 25.4. The van der Waals surface area contributed by atoms with Crippen LogP contribution < -0.4 is 0 Å². The highest BCUT2D eigenvalue weighted by atomic mass is 16.3. The molecule has 0 radical (unpaired) electrons. The summed E-state index contributed by atoms with van der Waals surface area (Å²) >= 11 is 0. The van der Waals surface area contributed by atoms with Gasteiger partial charge in [0.05, 0.1) is 23.3 Å². The van der Waals surface area contributed by atoms with Crippen LogP contribution in [0, 0.1) is 0 Å². The predicted molar refractivity (Wildman–Crippen MR) is 225 cm³/mol. The Morgan fingerprint density at radius 1 is 0.321 bits per heavy atom. The van der Waals surface area contributed by atoms with Gasteiger partial charge in [-0.15, -0.1) is 0 Å². The van der Waals surface area contributed by atoms with Crippen molar-refractivity contribution >= 4 is 65.0 Å². The minimum atomic E-state index is -0.797. The Labute approximate surface area is 330 Å². The van der Waals surface area contributed by atoms with Gasteiger partial charge in [-0.05, 0) is 112 Å². The zero-order chi connectivity index (χ0) is 49.7. The lowest BCUT2D eigenvalue weighted by Gasteiger charge is -2.21. The summed E-state index contributed by atoms with van der Waals surface area (Å²) in [5, 5.41) is 0.655. The molecule has 1 heterocycles. The molecule has 11 aromatic rings. The molecule has 0 aliphatic rings. The van der Waals surface area contributed by atoms with E-state index in [1.807, 2.05) is 36.4 Å². The summed E-state index contributed by atoms with van der Waals surface area (Å²) in [6, 6.07) is 14.5. The number of benzene rings is 10. The maximum Gasteiger partial charge on any atom is 0.135 e. The first-order chi connectivity index (χ1) is 33.3. The fourth-order valence-corrected chi connectivity index (χ4v) is 7.48. The van der Waals surface area contributed by atoms with Gasteiger partial charge in [-0.3, -0.25) is 0 Å². The van der Waals surface area contributed by atoms with Crippen LogP contribution in [-0.2, 0) is 0 Å². The van der Waals surface area contributed by atoms with E-state index in [0.29, 0.717) is 22.1 Å². The van der Waals surface area contributed by atoms with E-state index in [9.17, 15) is 12.3 Å². The van der Waals surface area contributed by atoms with Gasteiger partial charge in [-0.25, -0.2) is 0 Å². The molecule has 1 heteroatoms. The zero-order valence-corrected chi connectivity index (χ0v) is 27.6. The lowest BCUT2D eigenvalue weighted by molar-refractivity contribution is 0.669. The maximum atomic E-state index is 9.95. The van der Waals surface area contributed by atoms with Crippen molar-refractivity contribution in [2.45, 2.75) is 0 Å². The van der Waals surface area contributed by atoms with E-state index in [2.05, 4.69) is 0 Å². The molecule has 0 saturated carbocycles. The molecule has 0 spiro atoms. The van der Waals surface area contributed by atoms with Crippen LogP contribution >= 0.6 is 0 Å². The summed E-state index contributed by atoms with van der Waals surface area (Å²) in [6.45, 7) is 0. The van der Waals surface area contributed by atoms with Gasteiger partial charge >= 0.3 is 0 Å². The second-order valence-electron chi connectivity index (χ2n) is 12.7. The monoisotopic (exact) mass is 689 g/mol. The number of rotatable bonds is 4. The normalized spacial score (nSPS) is 16.3. The van der Waals surface area contributed by atoms with Crippen LogP contribution in [0.1, 0.15) is 23.3 Å². The van der Waals surface area contributed by atoms with Crippen molar-refractivity contribution in [2.75, 3.05) is 0 Å². The van der Waals surface area contributed by atoms with Gasteiger partial charge in [0.1, 0.15) is 11.2 Å². The van der Waals surface area contributed by atoms with Crippen LogP contribution in [0.4, 0.5) is 0 Å². The van der Waals surface area contributed by atoms with Crippen molar-refractivity contribution in [3.63, 3.8) is 0 Å². The molecule has 246 valence electrons. The molecule has 0 aliphatic carbocycles. The summed E-state index contributed by atoms with van der Waals surface area (Å²) < 4.78 is 165. The third kappa shape index (κ3) is 4.64. The van der Waals surface area contributed by atoms with Gasteiger partial charge in [-0.1, -0.05) is 169 Å². The summed E-state index contributed by atoms with van der Waals surface area (Å²) in [7, 11) is 0. The van der Waals surface area contributed by atoms with Crippen LogP contribution in [0.5, 0.6) is 0 Å². The van der Waals surface area contributed by atoms with Crippen LogP contribution in [-0.4, -0.2) is 0 Å². The largest absolute Gasteiger partial charge is 0.456 e. The van der Waals surface area contributed by atoms with Crippen LogP contribution in [0.15, 0.2) is 198 Å². The summed E-state index contributed by atoms with van der Waals surface area (Å²) in [5.41, 5.74) is 0.410. The van der Waals surface area contributed by atoms with Crippen molar-refractivity contribution in [3.05, 3.63) is 194 Å². The minimum Gasteiger partial charge on any atom is -0.456 e. The fraction of sp³-hybridized carbons (Fsp3) is 0. The van der Waals surface area contributed by atoms with Crippen LogP contribution in [0.25, 0.3) is 110 Å². The van der Waals surface area contributed by atoms with Crippen molar-refractivity contribution in [2.24, 2.45) is 0 Å². The van der Waals surface area contributed by atoms with Crippen molar-refractivity contribution in [1.82, 2.24) is 0 Å². The second-order valence-corrected chi connectivity index (χ2v) is 12.7. The summed E-state index contributed by atoms with van der Waals surface area (Å²) in [5.74, 6) is 0. The fourth-order valence-electron chi connectivity index (χ4n) is 7.48. The Kier molecular flexibility index (Phi) is 3.90. The highest BCUT2D eigenvalue weighted by Crippen LogP contribution is 2.48. The Hall–Kier alpha value is -6.96. The Bertz CT molecular complexity index is 4140. The van der Waals surface area contributed by atoms with Gasteiger partial charge in [0.15, 0.2) is 0 Å². The third-order valence-electron chi connectivity index (χ3n) is 9.85. The molecule has 0 amide bonds. The molecule has 0 aliphatic heterocycles. The zero-order valence-electron chi connectivity index (χ0n) is 44.6. The van der Waals surface area contributed by atoms with E-state index >= 15 is 0 Å². The van der Waals surface area contributed by atoms with Gasteiger partial charge in [-0.2, -0.15) is 0 Å². The Morgan fingerprint density at radius 2 is 0.868 bits per heavy atom.